The maximum atomic E-state index is 10.1. The largest absolute Gasteiger partial charge is 0.747 e. The van der Waals surface area contributed by atoms with Crippen molar-refractivity contribution in [1.29, 1.82) is 0 Å². The van der Waals surface area contributed by atoms with Crippen LogP contribution in [-0.4, -0.2) is 21.3 Å². The van der Waals surface area contributed by atoms with E-state index in [4.69, 9.17) is 0 Å². The number of nitrogens with zero attached hydrogens (tertiary/aromatic N) is 4. The van der Waals surface area contributed by atoms with Crippen molar-refractivity contribution < 1.29 is 14.8 Å². The van der Waals surface area contributed by atoms with Crippen LogP contribution >= 0.6 is 0 Å². The number of nitrogens with two attached hydrogens (primary N) is 3. The van der Waals surface area contributed by atoms with Gasteiger partial charge in [-0.15, -0.1) is 0 Å². The van der Waals surface area contributed by atoms with E-state index in [0.717, 1.165) is 0 Å². The summed E-state index contributed by atoms with van der Waals surface area (Å²) in [5.74, 6) is 13.4. The Hall–Kier alpha value is -0.600. The zero-order valence-corrected chi connectivity index (χ0v) is 6.97. The fraction of sp³-hybridized carbons (Fsp3) is 0. The molecule has 0 aliphatic rings. The molecule has 15 heavy (non-hydrogen) atoms. The van der Waals surface area contributed by atoms with Gasteiger partial charge in [0.15, 0.2) is 0 Å². The summed E-state index contributed by atoms with van der Waals surface area (Å²) < 4.78 is 0. The molecule has 0 atom stereocenters. The summed E-state index contributed by atoms with van der Waals surface area (Å²) in [4.78, 5) is 11.6. The van der Waals surface area contributed by atoms with Crippen molar-refractivity contribution in [3.63, 3.8) is 0 Å². The molecule has 0 aliphatic heterocycles. The van der Waals surface area contributed by atoms with Gasteiger partial charge < -0.3 is 15.6 Å². The van der Waals surface area contributed by atoms with Gasteiger partial charge in [0.1, 0.15) is 0 Å². The number of hydrogen-bond donors (Lipinski definition) is 5. The summed E-state index contributed by atoms with van der Waals surface area (Å²) in [5, 5.41) is 28.5. The van der Waals surface area contributed by atoms with Gasteiger partial charge in [-0.1, -0.05) is 11.2 Å². The summed E-state index contributed by atoms with van der Waals surface area (Å²) in [5.41, 5.74) is 3.05. The van der Waals surface area contributed by atoms with E-state index in [2.05, 4.69) is 32.3 Å². The second-order valence-electron chi connectivity index (χ2n) is 1.60. The fourth-order valence-corrected chi connectivity index (χ4v) is 0.287. The van der Waals surface area contributed by atoms with Gasteiger partial charge in [-0.05, 0) is 0 Å². The molecule has 0 aromatic rings. The zero-order valence-electron chi connectivity index (χ0n) is 6.97. The molecule has 0 spiro atoms. The molecule has 0 saturated heterocycles. The summed E-state index contributed by atoms with van der Waals surface area (Å²) in [7, 11) is 0. The molecule has 8 N–H and O–H groups in total. The quantitative estimate of drug-likeness (QED) is 0.197. The molecular formula is H8N9O6-3. The Balaban J connectivity index is 3.84. The normalized spacial score (nSPS) is 12.4. The highest BCUT2D eigenvalue weighted by Gasteiger charge is 2.05. The van der Waals surface area contributed by atoms with Crippen molar-refractivity contribution in [3.8, 4) is 0 Å². The van der Waals surface area contributed by atoms with Gasteiger partial charge >= 0.3 is 0 Å². The van der Waals surface area contributed by atoms with Crippen molar-refractivity contribution in [1.82, 2.24) is 32.5 Å². The molecule has 0 aliphatic carbocycles. The molecule has 0 aromatic heterocycles. The summed E-state index contributed by atoms with van der Waals surface area (Å²) in [6.45, 7) is 0. The van der Waals surface area contributed by atoms with Crippen LogP contribution in [0.1, 0.15) is 0 Å². The molecule has 0 heterocycles. The van der Waals surface area contributed by atoms with E-state index in [-0.39, 0.29) is 5.28 Å². The lowest BCUT2D eigenvalue weighted by molar-refractivity contribution is -0.465. The van der Waals surface area contributed by atoms with Crippen LogP contribution in [0.15, 0.2) is 0 Å². The molecule has 15 nitrogen and oxygen atoms in total. The predicted molar refractivity (Wildman–Crippen MR) is 39.5 cm³/mol. The van der Waals surface area contributed by atoms with E-state index >= 15 is 0 Å². The van der Waals surface area contributed by atoms with E-state index in [0.29, 0.717) is 0 Å². The van der Waals surface area contributed by atoms with Crippen molar-refractivity contribution in [2.45, 2.75) is 0 Å². The first-order valence-corrected chi connectivity index (χ1v) is 2.91. The number of rotatable bonds is 8. The first-order valence-electron chi connectivity index (χ1n) is 2.91. The van der Waals surface area contributed by atoms with Crippen molar-refractivity contribution in [2.75, 3.05) is 0 Å². The van der Waals surface area contributed by atoms with Gasteiger partial charge in [0.2, 0.25) is 0 Å². The van der Waals surface area contributed by atoms with Crippen LogP contribution in [-0.2, 0) is 14.8 Å². The van der Waals surface area contributed by atoms with Crippen LogP contribution in [0.25, 0.3) is 0 Å². The molecule has 0 bridgehead atoms. The van der Waals surface area contributed by atoms with E-state index in [1.807, 2.05) is 0 Å². The molecule has 92 valence electrons. The molecule has 0 fully saturated rings. The lowest BCUT2D eigenvalue weighted by Crippen LogP contribution is -2.55. The van der Waals surface area contributed by atoms with Gasteiger partial charge in [0.05, 0.1) is 0 Å². The second kappa shape index (κ2) is 7.66. The third kappa shape index (κ3) is 9.70. The molecular weight excluding hydrogens is 222 g/mol. The van der Waals surface area contributed by atoms with Crippen LogP contribution in [0.2, 0.25) is 0 Å². The molecule has 0 aromatic carbocycles. The first kappa shape index (κ1) is 14.4. The van der Waals surface area contributed by atoms with Gasteiger partial charge in [-0.3, -0.25) is 17.5 Å². The summed E-state index contributed by atoms with van der Waals surface area (Å²) in [6, 6.07) is 0. The smallest absolute Gasteiger partial charge is 0.0194 e. The maximum absolute atomic E-state index is 10.1. The Morgan fingerprint density at radius 3 is 1.47 bits per heavy atom. The Labute approximate surface area is 81.7 Å². The van der Waals surface area contributed by atoms with E-state index in [1.165, 1.54) is 11.2 Å². The lowest BCUT2D eigenvalue weighted by atomic mass is 12.2. The second-order valence-corrected chi connectivity index (χ2v) is 1.60. The molecule has 0 unspecified atom stereocenters. The highest BCUT2D eigenvalue weighted by Crippen LogP contribution is 1.84. The monoisotopic (exact) mass is 230 g/mol. The van der Waals surface area contributed by atoms with Gasteiger partial charge in [-0.25, -0.2) is 0 Å². The fourth-order valence-electron chi connectivity index (χ4n) is 0.287. The highest BCUT2D eigenvalue weighted by atomic mass is 17.1. The van der Waals surface area contributed by atoms with Gasteiger partial charge in [0.25, 0.3) is 0 Å². The van der Waals surface area contributed by atoms with Gasteiger partial charge in [0, 0.05) is 5.28 Å². The number of nitrogens with one attached hydrogen (secondary N) is 2. The van der Waals surface area contributed by atoms with E-state index < -0.39 is 16.0 Å². The number of hydrazine groups is 5. The zero-order chi connectivity index (χ0) is 11.8. The molecule has 0 amide bonds. The van der Waals surface area contributed by atoms with Crippen LogP contribution < -0.4 is 28.7 Å². The Bertz CT molecular complexity index is 136. The standard InChI is InChI=1S/H8N9O6/c1-6(10)13-4-9(15-8(3)12)5-14-7(2)11/h4-5H,1-3H2/q-3. The third-order valence-corrected chi connectivity index (χ3v) is 0.590. The van der Waals surface area contributed by atoms with E-state index in [9.17, 15) is 15.6 Å². The maximum Gasteiger partial charge on any atom is 0.0194 e. The van der Waals surface area contributed by atoms with Crippen LogP contribution in [0, 0.1) is 15.6 Å². The highest BCUT2D eigenvalue weighted by molar-refractivity contribution is 4.18. The average Bonchev–Trinajstić information content (AvgIpc) is 2.08. The van der Waals surface area contributed by atoms with E-state index in [1.54, 1.807) is 0 Å². The Kier molecular flexibility index (Phi) is 7.35. The minimum atomic E-state index is -0.593. The minimum Gasteiger partial charge on any atom is -0.747 e. The summed E-state index contributed by atoms with van der Waals surface area (Å²) in [6.07, 6.45) is 0. The van der Waals surface area contributed by atoms with Crippen LogP contribution in [0.5, 0.6) is 0 Å². The third-order valence-electron chi connectivity index (χ3n) is 0.590. The molecule has 15 heteroatoms. The Morgan fingerprint density at radius 2 is 1.20 bits per heavy atom. The number of hydrogen-bond acceptors (Lipinski definition) is 15. The molecule has 0 radical (unpaired) electrons. The summed E-state index contributed by atoms with van der Waals surface area (Å²) >= 11 is 0. The van der Waals surface area contributed by atoms with Crippen molar-refractivity contribution in [2.24, 2.45) is 17.5 Å². The van der Waals surface area contributed by atoms with Crippen molar-refractivity contribution in [3.05, 3.63) is 15.6 Å². The molecule has 0 saturated carbocycles. The van der Waals surface area contributed by atoms with Crippen LogP contribution in [0.3, 0.4) is 0 Å². The first-order chi connectivity index (χ1) is 6.91. The van der Waals surface area contributed by atoms with Gasteiger partial charge in [-0.2, -0.15) is 30.8 Å². The Morgan fingerprint density at radius 1 is 0.800 bits per heavy atom. The predicted octanol–water partition coefficient (Wildman–Crippen LogP) is -4.14. The molecule has 0 rings (SSSR count). The minimum absolute atomic E-state index is 0.0442. The average molecular weight is 230 g/mol. The van der Waals surface area contributed by atoms with Crippen molar-refractivity contribution >= 4 is 0 Å². The lowest BCUT2D eigenvalue weighted by Gasteiger charge is -2.31. The van der Waals surface area contributed by atoms with Crippen LogP contribution in [0.4, 0.5) is 0 Å². The SMILES string of the molecule is NN([O-])ONN(NON(N)[O-])ON(N)[O-]. The topological polar surface area (TPSA) is 212 Å².